The molecule has 0 radical (unpaired) electrons. The molecule has 0 heterocycles. The molecule has 1 aromatic carbocycles. The van der Waals surface area contributed by atoms with E-state index in [1.165, 1.54) is 0 Å². The van der Waals surface area contributed by atoms with E-state index in [0.29, 0.717) is 12.5 Å². The zero-order chi connectivity index (χ0) is 14.4. The van der Waals surface area contributed by atoms with Crippen molar-refractivity contribution < 1.29 is 4.79 Å². The molecule has 0 spiro atoms. The maximum absolute atomic E-state index is 12.5. The fourth-order valence-electron chi connectivity index (χ4n) is 1.93. The monoisotopic (exact) mass is 262 g/mol. The van der Waals surface area contributed by atoms with Crippen molar-refractivity contribution >= 4 is 11.6 Å². The number of rotatable bonds is 6. The van der Waals surface area contributed by atoms with Gasteiger partial charge in [0.1, 0.15) is 0 Å². The normalized spacial score (nSPS) is 12.5. The number of amides is 1. The van der Waals surface area contributed by atoms with Crippen molar-refractivity contribution in [2.75, 3.05) is 11.4 Å². The number of nitrogens with two attached hydrogens (primary N) is 1. The Kier molecular flexibility index (Phi) is 6.03. The molecule has 0 fully saturated rings. The van der Waals surface area contributed by atoms with E-state index < -0.39 is 0 Å². The summed E-state index contributed by atoms with van der Waals surface area (Å²) in [5, 5.41) is 0. The topological polar surface area (TPSA) is 46.3 Å². The fraction of sp³-hybridized carbons (Fsp3) is 0.562. The van der Waals surface area contributed by atoms with Gasteiger partial charge in [-0.3, -0.25) is 4.79 Å². The summed E-state index contributed by atoms with van der Waals surface area (Å²) in [6.45, 7) is 9.56. The van der Waals surface area contributed by atoms with Crippen LogP contribution in [-0.4, -0.2) is 12.5 Å². The minimum absolute atomic E-state index is 0.0423. The zero-order valence-electron chi connectivity index (χ0n) is 12.5. The molecule has 2 N–H and O–H groups in total. The van der Waals surface area contributed by atoms with Crippen LogP contribution in [0.2, 0.25) is 0 Å². The average molecular weight is 262 g/mol. The Balaban J connectivity index is 2.95. The van der Waals surface area contributed by atoms with E-state index in [2.05, 4.69) is 20.8 Å². The molecule has 1 unspecified atom stereocenters. The molecule has 0 saturated heterocycles. The van der Waals surface area contributed by atoms with Gasteiger partial charge in [0.2, 0.25) is 5.91 Å². The van der Waals surface area contributed by atoms with Crippen LogP contribution < -0.4 is 10.6 Å². The molecule has 0 bridgehead atoms. The van der Waals surface area contributed by atoms with Crippen LogP contribution in [0.5, 0.6) is 0 Å². The van der Waals surface area contributed by atoms with Gasteiger partial charge in [-0.1, -0.05) is 39.8 Å². The van der Waals surface area contributed by atoms with Crippen LogP contribution in [0.3, 0.4) is 0 Å². The first-order valence-corrected chi connectivity index (χ1v) is 7.11. The van der Waals surface area contributed by atoms with Crippen LogP contribution in [0.4, 0.5) is 5.69 Å². The first-order chi connectivity index (χ1) is 9.01. The smallest absolute Gasteiger partial charge is 0.230 e. The third-order valence-electron chi connectivity index (χ3n) is 3.59. The molecule has 0 aromatic heterocycles. The highest BCUT2D eigenvalue weighted by molar-refractivity contribution is 5.94. The lowest BCUT2D eigenvalue weighted by Gasteiger charge is -2.27. The molecule has 3 nitrogen and oxygen atoms in total. The van der Waals surface area contributed by atoms with Crippen molar-refractivity contribution in [3.8, 4) is 0 Å². The lowest BCUT2D eigenvalue weighted by atomic mass is 9.96. The van der Waals surface area contributed by atoms with Gasteiger partial charge in [-0.2, -0.15) is 0 Å². The second-order valence-corrected chi connectivity index (χ2v) is 5.39. The van der Waals surface area contributed by atoms with Gasteiger partial charge in [-0.25, -0.2) is 0 Å². The fourth-order valence-corrected chi connectivity index (χ4v) is 1.93. The van der Waals surface area contributed by atoms with Crippen LogP contribution in [0.15, 0.2) is 24.3 Å². The first kappa shape index (κ1) is 15.7. The second kappa shape index (κ2) is 7.29. The molecule has 0 saturated carbocycles. The number of anilines is 1. The van der Waals surface area contributed by atoms with E-state index in [4.69, 9.17) is 5.73 Å². The lowest BCUT2D eigenvalue weighted by Crippen LogP contribution is -2.37. The van der Waals surface area contributed by atoms with Crippen molar-refractivity contribution in [2.45, 2.75) is 40.7 Å². The Morgan fingerprint density at radius 2 is 1.79 bits per heavy atom. The highest BCUT2D eigenvalue weighted by Crippen LogP contribution is 2.21. The van der Waals surface area contributed by atoms with Gasteiger partial charge in [0, 0.05) is 24.7 Å². The van der Waals surface area contributed by atoms with Crippen LogP contribution in [-0.2, 0) is 11.3 Å². The number of hydrogen-bond donors (Lipinski definition) is 1. The Labute approximate surface area is 116 Å². The molecule has 1 amide bonds. The average Bonchev–Trinajstić information content (AvgIpc) is 2.43. The molecule has 19 heavy (non-hydrogen) atoms. The maximum atomic E-state index is 12.5. The molecule has 3 heteroatoms. The van der Waals surface area contributed by atoms with Crippen molar-refractivity contribution in [1.82, 2.24) is 0 Å². The minimum Gasteiger partial charge on any atom is -0.326 e. The predicted octanol–water partition coefficient (Wildman–Crippen LogP) is 3.18. The summed E-state index contributed by atoms with van der Waals surface area (Å²) in [7, 11) is 0. The summed E-state index contributed by atoms with van der Waals surface area (Å²) < 4.78 is 0. The third-order valence-corrected chi connectivity index (χ3v) is 3.59. The number of carbonyl (C=O) groups excluding carboxylic acids is 1. The maximum Gasteiger partial charge on any atom is 0.230 e. The van der Waals surface area contributed by atoms with Crippen molar-refractivity contribution in [2.24, 2.45) is 17.6 Å². The summed E-state index contributed by atoms with van der Waals surface area (Å²) in [4.78, 5) is 14.4. The predicted molar refractivity (Wildman–Crippen MR) is 81.0 cm³/mol. The number of hydrogen-bond acceptors (Lipinski definition) is 2. The molecule has 1 atom stereocenters. The number of carbonyl (C=O) groups is 1. The van der Waals surface area contributed by atoms with Gasteiger partial charge in [0.15, 0.2) is 0 Å². The van der Waals surface area contributed by atoms with E-state index in [-0.39, 0.29) is 11.8 Å². The molecule has 106 valence electrons. The summed E-state index contributed by atoms with van der Waals surface area (Å²) in [6.07, 6.45) is 0.954. The summed E-state index contributed by atoms with van der Waals surface area (Å²) in [5.74, 6) is 0.605. The van der Waals surface area contributed by atoms with E-state index >= 15 is 0 Å². The highest BCUT2D eigenvalue weighted by Gasteiger charge is 2.23. The Hall–Kier alpha value is -1.35. The van der Waals surface area contributed by atoms with Crippen molar-refractivity contribution in [3.05, 3.63) is 29.8 Å². The Morgan fingerprint density at radius 1 is 1.21 bits per heavy atom. The van der Waals surface area contributed by atoms with Crippen LogP contribution >= 0.6 is 0 Å². The van der Waals surface area contributed by atoms with Gasteiger partial charge in [-0.15, -0.1) is 0 Å². The van der Waals surface area contributed by atoms with Crippen LogP contribution in [0, 0.1) is 11.8 Å². The number of nitrogens with zero attached hydrogens (tertiary/aromatic N) is 1. The van der Waals surface area contributed by atoms with Crippen molar-refractivity contribution in [1.29, 1.82) is 0 Å². The zero-order valence-corrected chi connectivity index (χ0v) is 12.5. The summed E-state index contributed by atoms with van der Waals surface area (Å²) >= 11 is 0. The van der Waals surface area contributed by atoms with Crippen molar-refractivity contribution in [3.63, 3.8) is 0 Å². The molecule has 0 aliphatic heterocycles. The van der Waals surface area contributed by atoms with Gasteiger partial charge in [0.05, 0.1) is 0 Å². The largest absolute Gasteiger partial charge is 0.326 e. The molecule has 1 aromatic rings. The quantitative estimate of drug-likeness (QED) is 0.856. The van der Waals surface area contributed by atoms with Gasteiger partial charge >= 0.3 is 0 Å². The molecular weight excluding hydrogens is 236 g/mol. The third kappa shape index (κ3) is 4.06. The van der Waals surface area contributed by atoms with Gasteiger partial charge in [0.25, 0.3) is 0 Å². The summed E-state index contributed by atoms with van der Waals surface area (Å²) in [6, 6.07) is 7.96. The Bertz CT molecular complexity index is 398. The Morgan fingerprint density at radius 3 is 2.21 bits per heavy atom. The standard InChI is InChI=1S/C16H26N2O/c1-5-10-18(16(19)13(4)12(2)3)15-8-6-14(11-17)7-9-15/h6-9,12-13H,5,10-11,17H2,1-4H3. The molecule has 0 aliphatic rings. The molecular formula is C16H26N2O. The van der Waals surface area contributed by atoms with Gasteiger partial charge in [-0.05, 0) is 30.0 Å². The van der Waals surface area contributed by atoms with Gasteiger partial charge < -0.3 is 10.6 Å². The first-order valence-electron chi connectivity index (χ1n) is 7.11. The highest BCUT2D eigenvalue weighted by atomic mass is 16.2. The van der Waals surface area contributed by atoms with E-state index in [1.807, 2.05) is 36.1 Å². The number of benzene rings is 1. The van der Waals surface area contributed by atoms with E-state index in [9.17, 15) is 4.79 Å². The van der Waals surface area contributed by atoms with E-state index in [1.54, 1.807) is 0 Å². The molecule has 0 aliphatic carbocycles. The summed E-state index contributed by atoms with van der Waals surface area (Å²) in [5.41, 5.74) is 7.66. The second-order valence-electron chi connectivity index (χ2n) is 5.39. The van der Waals surface area contributed by atoms with Crippen LogP contribution in [0.25, 0.3) is 0 Å². The SMILES string of the molecule is CCCN(C(=O)C(C)C(C)C)c1ccc(CN)cc1. The minimum atomic E-state index is 0.0423. The lowest BCUT2D eigenvalue weighted by molar-refractivity contribution is -0.123. The van der Waals surface area contributed by atoms with E-state index in [0.717, 1.165) is 24.2 Å². The molecule has 1 rings (SSSR count). The van der Waals surface area contributed by atoms with Crippen LogP contribution in [0.1, 0.15) is 39.7 Å².